The maximum Gasteiger partial charge on any atom is 0.317 e. The fourth-order valence-corrected chi connectivity index (χ4v) is 3.21. The number of amides is 2. The Hall–Kier alpha value is -1.30. The lowest BCUT2D eigenvalue weighted by Crippen LogP contribution is -2.50. The van der Waals surface area contributed by atoms with E-state index in [1.165, 1.54) is 0 Å². The molecule has 0 bridgehead atoms. The maximum atomic E-state index is 12.3. The number of piperidine rings is 1. The molecule has 21 heavy (non-hydrogen) atoms. The van der Waals surface area contributed by atoms with Crippen LogP contribution in [0.5, 0.6) is 0 Å². The van der Waals surface area contributed by atoms with Gasteiger partial charge in [-0.15, -0.1) is 0 Å². The summed E-state index contributed by atoms with van der Waals surface area (Å²) < 4.78 is 5.29. The van der Waals surface area contributed by atoms with Crippen LogP contribution in [0.15, 0.2) is 0 Å². The van der Waals surface area contributed by atoms with E-state index in [4.69, 9.17) is 9.84 Å². The first-order valence-corrected chi connectivity index (χ1v) is 7.91. The first-order valence-electron chi connectivity index (χ1n) is 7.91. The Kier molecular flexibility index (Phi) is 5.85. The van der Waals surface area contributed by atoms with E-state index in [0.29, 0.717) is 19.8 Å². The van der Waals surface area contributed by atoms with Gasteiger partial charge in [-0.25, -0.2) is 4.79 Å². The number of nitrogens with zero attached hydrogens (tertiary/aromatic N) is 1. The van der Waals surface area contributed by atoms with E-state index in [9.17, 15) is 9.59 Å². The normalized spacial score (nSPS) is 25.4. The highest BCUT2D eigenvalue weighted by Crippen LogP contribution is 2.26. The van der Waals surface area contributed by atoms with Gasteiger partial charge in [0.15, 0.2) is 0 Å². The predicted octanol–water partition coefficient (Wildman–Crippen LogP) is 1.70. The average Bonchev–Trinajstić information content (AvgIpc) is 2.47. The molecule has 2 fully saturated rings. The second-order valence-electron chi connectivity index (χ2n) is 6.26. The summed E-state index contributed by atoms with van der Waals surface area (Å²) in [5, 5.41) is 12.0. The van der Waals surface area contributed by atoms with Gasteiger partial charge in [-0.3, -0.25) is 4.79 Å². The van der Waals surface area contributed by atoms with Crippen molar-refractivity contribution < 1.29 is 19.4 Å². The molecule has 6 heteroatoms. The van der Waals surface area contributed by atoms with Crippen molar-refractivity contribution in [3.05, 3.63) is 0 Å². The Balaban J connectivity index is 1.81. The molecule has 0 spiro atoms. The van der Waals surface area contributed by atoms with Crippen molar-refractivity contribution in [1.29, 1.82) is 0 Å². The van der Waals surface area contributed by atoms with E-state index in [2.05, 4.69) is 5.32 Å². The van der Waals surface area contributed by atoms with Gasteiger partial charge in [-0.05, 0) is 37.5 Å². The van der Waals surface area contributed by atoms with E-state index in [-0.39, 0.29) is 30.3 Å². The van der Waals surface area contributed by atoms with Crippen LogP contribution in [0.1, 0.15) is 39.0 Å². The van der Waals surface area contributed by atoms with Crippen molar-refractivity contribution in [2.24, 2.45) is 11.8 Å². The average molecular weight is 298 g/mol. The molecule has 2 N–H and O–H groups in total. The van der Waals surface area contributed by atoms with Gasteiger partial charge in [0.05, 0.1) is 0 Å². The molecule has 0 radical (unpaired) electrons. The van der Waals surface area contributed by atoms with E-state index in [1.807, 2.05) is 11.8 Å². The zero-order valence-corrected chi connectivity index (χ0v) is 12.7. The molecular weight excluding hydrogens is 272 g/mol. The quantitative estimate of drug-likeness (QED) is 0.828. The molecular formula is C15H26N2O4. The summed E-state index contributed by atoms with van der Waals surface area (Å²) >= 11 is 0. The third-order valence-corrected chi connectivity index (χ3v) is 4.60. The topological polar surface area (TPSA) is 78.9 Å². The van der Waals surface area contributed by atoms with Crippen molar-refractivity contribution in [2.75, 3.05) is 26.3 Å². The van der Waals surface area contributed by atoms with Crippen LogP contribution in [0.25, 0.3) is 0 Å². The smallest absolute Gasteiger partial charge is 0.317 e. The molecule has 6 nitrogen and oxygen atoms in total. The molecule has 2 amide bonds. The first kappa shape index (κ1) is 16.1. The second-order valence-corrected chi connectivity index (χ2v) is 6.26. The van der Waals surface area contributed by atoms with E-state index < -0.39 is 5.97 Å². The number of nitrogens with one attached hydrogen (secondary N) is 1. The predicted molar refractivity (Wildman–Crippen MR) is 78.1 cm³/mol. The Bertz CT molecular complexity index is 369. The number of carbonyl (C=O) groups is 2. The highest BCUT2D eigenvalue weighted by Gasteiger charge is 2.29. The highest BCUT2D eigenvalue weighted by atomic mass is 16.5. The van der Waals surface area contributed by atoms with Gasteiger partial charge in [-0.2, -0.15) is 0 Å². The number of aliphatic carboxylic acids is 1. The number of ether oxygens (including phenoxy) is 1. The minimum absolute atomic E-state index is 0.00544. The lowest BCUT2D eigenvalue weighted by Gasteiger charge is -2.36. The molecule has 2 aliphatic heterocycles. The summed E-state index contributed by atoms with van der Waals surface area (Å²) in [5.74, 6) is -0.359. The largest absolute Gasteiger partial charge is 0.481 e. The van der Waals surface area contributed by atoms with Gasteiger partial charge >= 0.3 is 12.0 Å². The number of urea groups is 1. The van der Waals surface area contributed by atoms with Gasteiger partial charge in [0.1, 0.15) is 0 Å². The highest BCUT2D eigenvalue weighted by molar-refractivity contribution is 5.74. The molecule has 2 atom stereocenters. The molecule has 0 aliphatic carbocycles. The number of rotatable bonds is 4. The van der Waals surface area contributed by atoms with Gasteiger partial charge in [0.2, 0.25) is 0 Å². The zero-order valence-electron chi connectivity index (χ0n) is 12.7. The van der Waals surface area contributed by atoms with Crippen molar-refractivity contribution in [2.45, 2.75) is 45.1 Å². The van der Waals surface area contributed by atoms with Gasteiger partial charge in [-0.1, -0.05) is 6.92 Å². The van der Waals surface area contributed by atoms with Crippen molar-refractivity contribution in [3.8, 4) is 0 Å². The van der Waals surface area contributed by atoms with Crippen molar-refractivity contribution in [1.82, 2.24) is 10.2 Å². The summed E-state index contributed by atoms with van der Waals surface area (Å²) in [4.78, 5) is 25.0. The second kappa shape index (κ2) is 7.64. The summed E-state index contributed by atoms with van der Waals surface area (Å²) in [5.41, 5.74) is 0. The third kappa shape index (κ3) is 4.88. The van der Waals surface area contributed by atoms with Gasteiger partial charge < -0.3 is 20.1 Å². The molecule has 120 valence electrons. The maximum absolute atomic E-state index is 12.3. The monoisotopic (exact) mass is 298 g/mol. The Morgan fingerprint density at radius 1 is 1.33 bits per heavy atom. The van der Waals surface area contributed by atoms with E-state index >= 15 is 0 Å². The Morgan fingerprint density at radius 2 is 2.05 bits per heavy atom. The molecule has 2 heterocycles. The van der Waals surface area contributed by atoms with Crippen LogP contribution >= 0.6 is 0 Å². The number of carboxylic acid groups (broad SMARTS) is 1. The molecule has 2 saturated heterocycles. The lowest BCUT2D eigenvalue weighted by molar-refractivity contribution is -0.138. The van der Waals surface area contributed by atoms with Gasteiger partial charge in [0.25, 0.3) is 0 Å². The fraction of sp³-hybridized carbons (Fsp3) is 0.867. The Labute approximate surface area is 125 Å². The minimum atomic E-state index is -0.758. The fourth-order valence-electron chi connectivity index (χ4n) is 3.21. The SMILES string of the molecule is CC(CC(=O)O)C1CCCN(C(=O)NC2CCOCC2)C1. The number of carboxylic acids is 1. The summed E-state index contributed by atoms with van der Waals surface area (Å²) in [7, 11) is 0. The standard InChI is InChI=1S/C15H26N2O4/c1-11(9-14(18)19)12-3-2-6-17(10-12)15(20)16-13-4-7-21-8-5-13/h11-13H,2-10H2,1H3,(H,16,20)(H,18,19). The first-order chi connectivity index (χ1) is 10.1. The lowest BCUT2D eigenvalue weighted by atomic mass is 9.85. The molecule has 0 aromatic carbocycles. The van der Waals surface area contributed by atoms with E-state index in [1.54, 1.807) is 0 Å². The molecule has 0 aromatic heterocycles. The number of hydrogen-bond acceptors (Lipinski definition) is 3. The van der Waals surface area contributed by atoms with Crippen LogP contribution in [0, 0.1) is 11.8 Å². The van der Waals surface area contributed by atoms with Crippen LogP contribution in [-0.4, -0.2) is 54.4 Å². The number of likely N-dealkylation sites (tertiary alicyclic amines) is 1. The molecule has 2 unspecified atom stereocenters. The van der Waals surface area contributed by atoms with Crippen LogP contribution in [0.4, 0.5) is 4.79 Å². The van der Waals surface area contributed by atoms with Crippen LogP contribution in [0.2, 0.25) is 0 Å². The minimum Gasteiger partial charge on any atom is -0.481 e. The third-order valence-electron chi connectivity index (χ3n) is 4.60. The van der Waals surface area contributed by atoms with Crippen molar-refractivity contribution in [3.63, 3.8) is 0 Å². The van der Waals surface area contributed by atoms with Crippen LogP contribution in [-0.2, 0) is 9.53 Å². The van der Waals surface area contributed by atoms with E-state index in [0.717, 1.165) is 32.2 Å². The zero-order chi connectivity index (χ0) is 15.2. The molecule has 2 rings (SSSR count). The molecule has 2 aliphatic rings. The molecule has 0 saturated carbocycles. The van der Waals surface area contributed by atoms with Crippen LogP contribution < -0.4 is 5.32 Å². The summed E-state index contributed by atoms with van der Waals surface area (Å²) in [6, 6.07) is 0.206. The number of hydrogen-bond donors (Lipinski definition) is 2. The summed E-state index contributed by atoms with van der Waals surface area (Å²) in [6.07, 6.45) is 3.89. The molecule has 0 aromatic rings. The Morgan fingerprint density at radius 3 is 2.71 bits per heavy atom. The number of carbonyl (C=O) groups excluding carboxylic acids is 1. The van der Waals surface area contributed by atoms with Crippen LogP contribution in [0.3, 0.4) is 0 Å². The van der Waals surface area contributed by atoms with Gasteiger partial charge in [0, 0.05) is 38.8 Å². The van der Waals surface area contributed by atoms with Crippen molar-refractivity contribution >= 4 is 12.0 Å². The summed E-state index contributed by atoms with van der Waals surface area (Å²) in [6.45, 7) is 4.83.